The number of benzene rings is 1. The van der Waals surface area contributed by atoms with E-state index in [9.17, 15) is 9.59 Å². The Morgan fingerprint density at radius 2 is 2.00 bits per heavy atom. The van der Waals surface area contributed by atoms with E-state index in [1.165, 1.54) is 6.07 Å². The minimum atomic E-state index is -0.706. The lowest BCUT2D eigenvalue weighted by Crippen LogP contribution is -2.16. The molecule has 0 saturated carbocycles. The first-order valence-electron chi connectivity index (χ1n) is 6.42. The van der Waals surface area contributed by atoms with Gasteiger partial charge in [-0.05, 0) is 31.0 Å². The molecule has 0 saturated heterocycles. The number of ether oxygens (including phenoxy) is 2. The van der Waals surface area contributed by atoms with Crippen molar-refractivity contribution in [3.8, 4) is 5.75 Å². The van der Waals surface area contributed by atoms with E-state index in [2.05, 4.69) is 0 Å². The van der Waals surface area contributed by atoms with Crippen LogP contribution < -0.4 is 10.4 Å². The average Bonchev–Trinajstić information content (AvgIpc) is 2.45. The molecular formula is C15H16O5. The quantitative estimate of drug-likeness (QED) is 0.634. The second kappa shape index (κ2) is 5.77. The Balaban J connectivity index is 2.63. The largest absolute Gasteiger partial charge is 0.496 e. The van der Waals surface area contributed by atoms with Crippen LogP contribution in [-0.4, -0.2) is 19.7 Å². The zero-order valence-electron chi connectivity index (χ0n) is 11.7. The molecular weight excluding hydrogens is 260 g/mol. The van der Waals surface area contributed by atoms with Gasteiger partial charge in [-0.15, -0.1) is 0 Å². The molecule has 0 bridgehead atoms. The summed E-state index contributed by atoms with van der Waals surface area (Å²) in [5.74, 6) is -0.0101. The Kier molecular flexibility index (Phi) is 4.08. The van der Waals surface area contributed by atoms with Crippen LogP contribution in [0.4, 0.5) is 0 Å². The summed E-state index contributed by atoms with van der Waals surface area (Å²) in [5, 5.41) is 0.672. The SMILES string of the molecule is CCOC(=O)c1cc2cc(CC)c(OC)cc2oc1=O. The predicted octanol–water partition coefficient (Wildman–Crippen LogP) is 2.54. The molecule has 0 aliphatic heterocycles. The minimum absolute atomic E-state index is 0.0911. The monoisotopic (exact) mass is 276 g/mol. The number of hydrogen-bond acceptors (Lipinski definition) is 5. The van der Waals surface area contributed by atoms with E-state index in [1.54, 1.807) is 20.1 Å². The highest BCUT2D eigenvalue weighted by atomic mass is 16.5. The normalized spacial score (nSPS) is 10.6. The van der Waals surface area contributed by atoms with Crippen molar-refractivity contribution >= 4 is 16.9 Å². The first-order chi connectivity index (χ1) is 9.60. The molecule has 0 aliphatic carbocycles. The summed E-state index contributed by atoms with van der Waals surface area (Å²) in [6.45, 7) is 3.88. The molecule has 0 fully saturated rings. The van der Waals surface area contributed by atoms with E-state index in [0.29, 0.717) is 16.7 Å². The molecule has 0 N–H and O–H groups in total. The van der Waals surface area contributed by atoms with Crippen molar-refractivity contribution in [2.45, 2.75) is 20.3 Å². The van der Waals surface area contributed by atoms with Crippen LogP contribution in [0.25, 0.3) is 11.0 Å². The molecule has 0 radical (unpaired) electrons. The number of aryl methyl sites for hydroxylation is 1. The van der Waals surface area contributed by atoms with E-state index < -0.39 is 11.6 Å². The second-order valence-electron chi connectivity index (χ2n) is 4.22. The van der Waals surface area contributed by atoms with Crippen LogP contribution in [0, 0.1) is 0 Å². The molecule has 2 rings (SSSR count). The van der Waals surface area contributed by atoms with Crippen LogP contribution in [0.5, 0.6) is 5.75 Å². The van der Waals surface area contributed by atoms with E-state index >= 15 is 0 Å². The molecule has 5 heteroatoms. The van der Waals surface area contributed by atoms with Crippen LogP contribution in [0.3, 0.4) is 0 Å². The maximum absolute atomic E-state index is 11.8. The molecule has 0 amide bonds. The summed E-state index contributed by atoms with van der Waals surface area (Å²) < 4.78 is 15.2. The predicted molar refractivity (Wildman–Crippen MR) is 74.4 cm³/mol. The number of carbonyl (C=O) groups excluding carboxylic acids is 1. The zero-order valence-corrected chi connectivity index (χ0v) is 11.7. The highest BCUT2D eigenvalue weighted by Gasteiger charge is 2.16. The molecule has 0 atom stereocenters. The lowest BCUT2D eigenvalue weighted by atomic mass is 10.1. The number of methoxy groups -OCH3 is 1. The van der Waals surface area contributed by atoms with E-state index in [-0.39, 0.29) is 12.2 Å². The maximum Gasteiger partial charge on any atom is 0.351 e. The summed E-state index contributed by atoms with van der Waals surface area (Å²) in [6.07, 6.45) is 0.771. The summed E-state index contributed by atoms with van der Waals surface area (Å²) >= 11 is 0. The van der Waals surface area contributed by atoms with Crippen molar-refractivity contribution in [2.24, 2.45) is 0 Å². The highest BCUT2D eigenvalue weighted by molar-refractivity contribution is 5.93. The van der Waals surface area contributed by atoms with Gasteiger partial charge in [0.1, 0.15) is 16.9 Å². The van der Waals surface area contributed by atoms with Crippen molar-refractivity contribution in [1.82, 2.24) is 0 Å². The highest BCUT2D eigenvalue weighted by Crippen LogP contribution is 2.26. The van der Waals surface area contributed by atoms with E-state index in [1.807, 2.05) is 13.0 Å². The fourth-order valence-electron chi connectivity index (χ4n) is 2.01. The molecule has 1 aromatic heterocycles. The number of hydrogen-bond donors (Lipinski definition) is 0. The topological polar surface area (TPSA) is 65.7 Å². The van der Waals surface area contributed by atoms with Gasteiger partial charge >= 0.3 is 11.6 Å². The number of esters is 1. The number of rotatable bonds is 4. The van der Waals surface area contributed by atoms with E-state index in [0.717, 1.165) is 12.0 Å². The number of fused-ring (bicyclic) bond motifs is 1. The maximum atomic E-state index is 11.8. The van der Waals surface area contributed by atoms with Gasteiger partial charge in [0.2, 0.25) is 0 Å². The molecule has 20 heavy (non-hydrogen) atoms. The Morgan fingerprint density at radius 1 is 1.25 bits per heavy atom. The summed E-state index contributed by atoms with van der Waals surface area (Å²) in [4.78, 5) is 23.5. The third kappa shape index (κ3) is 2.52. The first-order valence-corrected chi connectivity index (χ1v) is 6.42. The van der Waals surface area contributed by atoms with Crippen LogP contribution in [0.2, 0.25) is 0 Å². The van der Waals surface area contributed by atoms with Gasteiger partial charge in [-0.2, -0.15) is 0 Å². The van der Waals surface area contributed by atoms with Crippen LogP contribution in [0.15, 0.2) is 27.4 Å². The van der Waals surface area contributed by atoms with Gasteiger partial charge in [-0.1, -0.05) is 6.92 Å². The molecule has 2 aromatic rings. The zero-order chi connectivity index (χ0) is 14.7. The summed E-state index contributed by atoms with van der Waals surface area (Å²) in [5.41, 5.74) is 0.564. The minimum Gasteiger partial charge on any atom is -0.496 e. The lowest BCUT2D eigenvalue weighted by molar-refractivity contribution is 0.0522. The van der Waals surface area contributed by atoms with Gasteiger partial charge in [0, 0.05) is 11.5 Å². The molecule has 106 valence electrons. The third-order valence-corrected chi connectivity index (χ3v) is 3.01. The molecule has 1 aromatic carbocycles. The number of carbonyl (C=O) groups is 1. The van der Waals surface area contributed by atoms with E-state index in [4.69, 9.17) is 13.9 Å². The van der Waals surface area contributed by atoms with Crippen LogP contribution >= 0.6 is 0 Å². The third-order valence-electron chi connectivity index (χ3n) is 3.01. The van der Waals surface area contributed by atoms with Crippen LogP contribution in [0.1, 0.15) is 29.8 Å². The molecule has 1 heterocycles. The van der Waals surface area contributed by atoms with Gasteiger partial charge in [0.15, 0.2) is 0 Å². The van der Waals surface area contributed by atoms with Gasteiger partial charge in [0.25, 0.3) is 0 Å². The summed E-state index contributed by atoms with van der Waals surface area (Å²) in [6, 6.07) is 5.00. The standard InChI is InChI=1S/C15H16O5/c1-4-9-6-10-7-11(14(16)19-5-2)15(17)20-13(10)8-12(9)18-3/h6-8H,4-5H2,1-3H3. The van der Waals surface area contributed by atoms with Crippen molar-refractivity contribution in [3.05, 3.63) is 39.7 Å². The average molecular weight is 276 g/mol. The molecule has 0 spiro atoms. The van der Waals surface area contributed by atoms with Gasteiger partial charge in [-0.3, -0.25) is 0 Å². The Morgan fingerprint density at radius 3 is 2.60 bits per heavy atom. The van der Waals surface area contributed by atoms with Crippen molar-refractivity contribution in [3.63, 3.8) is 0 Å². The Bertz CT molecular complexity index is 699. The fourth-order valence-corrected chi connectivity index (χ4v) is 2.01. The fraction of sp³-hybridized carbons (Fsp3) is 0.333. The first kappa shape index (κ1) is 14.1. The Hall–Kier alpha value is -2.30. The van der Waals surface area contributed by atoms with Crippen molar-refractivity contribution in [1.29, 1.82) is 0 Å². The molecule has 5 nitrogen and oxygen atoms in total. The van der Waals surface area contributed by atoms with Gasteiger partial charge < -0.3 is 13.9 Å². The van der Waals surface area contributed by atoms with Crippen molar-refractivity contribution < 1.29 is 18.7 Å². The van der Waals surface area contributed by atoms with Gasteiger partial charge in [0.05, 0.1) is 13.7 Å². The van der Waals surface area contributed by atoms with Crippen LogP contribution in [-0.2, 0) is 11.2 Å². The lowest BCUT2D eigenvalue weighted by Gasteiger charge is -2.08. The van der Waals surface area contributed by atoms with Gasteiger partial charge in [-0.25, -0.2) is 9.59 Å². The molecule has 0 unspecified atom stereocenters. The second-order valence-corrected chi connectivity index (χ2v) is 4.22. The summed E-state index contributed by atoms with van der Waals surface area (Å²) in [7, 11) is 1.56. The van der Waals surface area contributed by atoms with Crippen molar-refractivity contribution in [2.75, 3.05) is 13.7 Å². The smallest absolute Gasteiger partial charge is 0.351 e. The Labute approximate surface area is 116 Å². The molecule has 0 aliphatic rings.